The fraction of sp³-hybridized carbons (Fsp3) is 0.300. The van der Waals surface area contributed by atoms with Crippen molar-refractivity contribution in [1.82, 2.24) is 14.8 Å². The van der Waals surface area contributed by atoms with Crippen LogP contribution in [-0.2, 0) is 17.5 Å². The molecule has 1 aromatic heterocycles. The summed E-state index contributed by atoms with van der Waals surface area (Å²) in [6.45, 7) is 0.498. The molecular formula is C20H20F3N3O3S. The van der Waals surface area contributed by atoms with E-state index in [9.17, 15) is 13.2 Å². The van der Waals surface area contributed by atoms with E-state index in [1.165, 1.54) is 17.8 Å². The molecule has 2 aromatic carbocycles. The van der Waals surface area contributed by atoms with Crippen molar-refractivity contribution in [3.05, 3.63) is 59.9 Å². The van der Waals surface area contributed by atoms with Crippen molar-refractivity contribution in [3.8, 4) is 17.2 Å². The summed E-state index contributed by atoms with van der Waals surface area (Å²) in [6, 6.07) is 12.0. The van der Waals surface area contributed by atoms with Crippen molar-refractivity contribution in [2.75, 3.05) is 26.6 Å². The second-order valence-corrected chi connectivity index (χ2v) is 7.15. The highest BCUT2D eigenvalue weighted by Crippen LogP contribution is 2.32. The van der Waals surface area contributed by atoms with E-state index >= 15 is 0 Å². The highest BCUT2D eigenvalue weighted by atomic mass is 32.2. The van der Waals surface area contributed by atoms with Crippen LogP contribution in [0, 0.1) is 0 Å². The molecule has 0 amide bonds. The van der Waals surface area contributed by atoms with Gasteiger partial charge in [0, 0.05) is 12.9 Å². The molecule has 30 heavy (non-hydrogen) atoms. The van der Waals surface area contributed by atoms with Crippen molar-refractivity contribution in [3.63, 3.8) is 0 Å². The van der Waals surface area contributed by atoms with E-state index in [4.69, 9.17) is 14.2 Å². The molecule has 1 heterocycles. The van der Waals surface area contributed by atoms with Crippen molar-refractivity contribution in [1.29, 1.82) is 0 Å². The average Bonchev–Trinajstić information content (AvgIpc) is 3.15. The number of nitrogens with zero attached hydrogens (tertiary/aromatic N) is 3. The quantitative estimate of drug-likeness (QED) is 0.358. The van der Waals surface area contributed by atoms with Gasteiger partial charge < -0.3 is 14.2 Å². The number of thioether (sulfide) groups is 1. The summed E-state index contributed by atoms with van der Waals surface area (Å²) in [6.07, 6.45) is -4.45. The molecular weight excluding hydrogens is 419 g/mol. The van der Waals surface area contributed by atoms with Gasteiger partial charge in [-0.15, -0.1) is 10.2 Å². The second kappa shape index (κ2) is 9.86. The number of alkyl halides is 3. The third-order valence-electron chi connectivity index (χ3n) is 4.08. The van der Waals surface area contributed by atoms with Crippen molar-refractivity contribution in [2.24, 2.45) is 0 Å². The largest absolute Gasteiger partial charge is 0.497 e. The topological polar surface area (TPSA) is 58.4 Å². The molecule has 0 radical (unpaired) electrons. The summed E-state index contributed by atoms with van der Waals surface area (Å²) in [4.78, 5) is 0. The smallest absolute Gasteiger partial charge is 0.416 e. The third kappa shape index (κ3) is 5.45. The molecule has 0 aliphatic rings. The molecule has 3 rings (SSSR count). The maximum atomic E-state index is 13.2. The van der Waals surface area contributed by atoms with Gasteiger partial charge in [0.1, 0.15) is 18.1 Å². The first-order valence-electron chi connectivity index (χ1n) is 8.93. The van der Waals surface area contributed by atoms with Gasteiger partial charge in [-0.1, -0.05) is 17.8 Å². The number of rotatable bonds is 9. The van der Waals surface area contributed by atoms with Crippen molar-refractivity contribution in [2.45, 2.75) is 17.9 Å². The Balaban J connectivity index is 1.89. The Morgan fingerprint density at radius 3 is 2.40 bits per heavy atom. The molecule has 0 saturated heterocycles. The predicted octanol–water partition coefficient (Wildman–Crippen LogP) is 4.61. The predicted molar refractivity (Wildman–Crippen MR) is 106 cm³/mol. The SMILES string of the molecule is COCCSc1nnc(COc2ccc(OC)cc2)n1-c1cccc(C(F)(F)F)c1. The zero-order valence-corrected chi connectivity index (χ0v) is 17.2. The molecule has 0 fully saturated rings. The van der Waals surface area contributed by atoms with E-state index in [-0.39, 0.29) is 6.61 Å². The Hall–Kier alpha value is -2.72. The molecule has 10 heteroatoms. The zero-order chi connectivity index (χ0) is 21.6. The number of ether oxygens (including phenoxy) is 3. The maximum Gasteiger partial charge on any atom is 0.416 e. The van der Waals surface area contributed by atoms with Gasteiger partial charge in [-0.05, 0) is 42.5 Å². The summed E-state index contributed by atoms with van der Waals surface area (Å²) in [5, 5.41) is 8.73. The van der Waals surface area contributed by atoms with Crippen LogP contribution in [0.5, 0.6) is 11.5 Å². The van der Waals surface area contributed by atoms with E-state index in [2.05, 4.69) is 10.2 Å². The normalized spacial score (nSPS) is 11.5. The van der Waals surface area contributed by atoms with Gasteiger partial charge in [0.2, 0.25) is 0 Å². The molecule has 3 aromatic rings. The van der Waals surface area contributed by atoms with Gasteiger partial charge in [0.15, 0.2) is 11.0 Å². The van der Waals surface area contributed by atoms with Crippen LogP contribution in [0.4, 0.5) is 13.2 Å². The minimum absolute atomic E-state index is 0.0282. The van der Waals surface area contributed by atoms with Gasteiger partial charge in [-0.2, -0.15) is 13.2 Å². The molecule has 0 aliphatic carbocycles. The van der Waals surface area contributed by atoms with E-state index < -0.39 is 11.7 Å². The van der Waals surface area contributed by atoms with Crippen LogP contribution >= 0.6 is 11.8 Å². The lowest BCUT2D eigenvalue weighted by atomic mass is 10.2. The van der Waals surface area contributed by atoms with Crippen LogP contribution in [0.25, 0.3) is 5.69 Å². The first-order chi connectivity index (χ1) is 14.4. The molecule has 160 valence electrons. The number of hydrogen-bond donors (Lipinski definition) is 0. The first kappa shape index (κ1) is 22.0. The van der Waals surface area contributed by atoms with Crippen LogP contribution in [0.1, 0.15) is 11.4 Å². The fourth-order valence-electron chi connectivity index (χ4n) is 2.60. The van der Waals surface area contributed by atoms with Crippen LogP contribution in [0.15, 0.2) is 53.7 Å². The lowest BCUT2D eigenvalue weighted by molar-refractivity contribution is -0.137. The fourth-order valence-corrected chi connectivity index (χ4v) is 3.48. The van der Waals surface area contributed by atoms with Crippen molar-refractivity contribution < 1.29 is 27.4 Å². The number of hydrogen-bond acceptors (Lipinski definition) is 6. The average molecular weight is 439 g/mol. The lowest BCUT2D eigenvalue weighted by Crippen LogP contribution is -2.10. The number of benzene rings is 2. The van der Waals surface area contributed by atoms with Crippen molar-refractivity contribution >= 4 is 11.8 Å². The van der Waals surface area contributed by atoms with E-state index in [1.54, 1.807) is 49.1 Å². The Morgan fingerprint density at radius 2 is 1.73 bits per heavy atom. The molecule has 0 N–H and O–H groups in total. The van der Waals surface area contributed by atoms with E-state index in [0.29, 0.717) is 40.5 Å². The number of methoxy groups -OCH3 is 2. The Kier molecular flexibility index (Phi) is 7.22. The van der Waals surface area contributed by atoms with Gasteiger partial charge >= 0.3 is 6.18 Å². The Bertz CT molecular complexity index is 962. The minimum Gasteiger partial charge on any atom is -0.497 e. The van der Waals surface area contributed by atoms with Gasteiger partial charge in [-0.25, -0.2) is 0 Å². The lowest BCUT2D eigenvalue weighted by Gasteiger charge is -2.13. The number of halogens is 3. The minimum atomic E-state index is -4.45. The van der Waals surface area contributed by atoms with Gasteiger partial charge in [0.05, 0.1) is 25.0 Å². The summed E-state index contributed by atoms with van der Waals surface area (Å²) < 4.78 is 57.1. The molecule has 0 atom stereocenters. The van der Waals surface area contributed by atoms with Crippen LogP contribution in [0.3, 0.4) is 0 Å². The second-order valence-electron chi connectivity index (χ2n) is 6.09. The molecule has 0 saturated carbocycles. The van der Waals surface area contributed by atoms with Crippen LogP contribution in [0.2, 0.25) is 0 Å². The van der Waals surface area contributed by atoms with Gasteiger partial charge in [-0.3, -0.25) is 4.57 Å². The zero-order valence-electron chi connectivity index (χ0n) is 16.3. The van der Waals surface area contributed by atoms with E-state index in [1.807, 2.05) is 0 Å². The molecule has 0 unspecified atom stereocenters. The number of aromatic nitrogens is 3. The van der Waals surface area contributed by atoms with E-state index in [0.717, 1.165) is 12.1 Å². The van der Waals surface area contributed by atoms with Gasteiger partial charge in [0.25, 0.3) is 0 Å². The summed E-state index contributed by atoms with van der Waals surface area (Å²) in [7, 11) is 3.14. The van der Waals surface area contributed by atoms with Crippen LogP contribution < -0.4 is 9.47 Å². The maximum absolute atomic E-state index is 13.2. The molecule has 6 nitrogen and oxygen atoms in total. The molecule has 0 bridgehead atoms. The summed E-state index contributed by atoms with van der Waals surface area (Å²) >= 11 is 1.34. The summed E-state index contributed by atoms with van der Waals surface area (Å²) in [5.74, 6) is 2.21. The highest BCUT2D eigenvalue weighted by molar-refractivity contribution is 7.99. The highest BCUT2D eigenvalue weighted by Gasteiger charge is 2.31. The molecule has 0 aliphatic heterocycles. The third-order valence-corrected chi connectivity index (χ3v) is 4.97. The summed E-state index contributed by atoms with van der Waals surface area (Å²) in [5.41, 5.74) is -0.438. The first-order valence-corrected chi connectivity index (χ1v) is 9.91. The Morgan fingerprint density at radius 1 is 1.00 bits per heavy atom. The Labute approximate surface area is 176 Å². The molecule has 0 spiro atoms. The van der Waals surface area contributed by atoms with Crippen LogP contribution in [-0.4, -0.2) is 41.3 Å². The standard InChI is InChI=1S/C20H20F3N3O3S/c1-27-10-11-30-19-25-24-18(13-29-17-8-6-16(28-2)7-9-17)26(19)15-5-3-4-14(12-15)20(21,22)23/h3-9,12H,10-11,13H2,1-2H3. The monoisotopic (exact) mass is 439 g/mol.